The van der Waals surface area contributed by atoms with E-state index in [1.54, 1.807) is 13.4 Å². The van der Waals surface area contributed by atoms with Crippen molar-refractivity contribution in [3.63, 3.8) is 0 Å². The third-order valence-electron chi connectivity index (χ3n) is 4.80. The van der Waals surface area contributed by atoms with Gasteiger partial charge in [-0.15, -0.1) is 0 Å². The predicted octanol–water partition coefficient (Wildman–Crippen LogP) is 2.58. The molecule has 7 heteroatoms. The summed E-state index contributed by atoms with van der Waals surface area (Å²) in [7, 11) is 1.77. The summed E-state index contributed by atoms with van der Waals surface area (Å²) in [5.41, 5.74) is 1.90. The van der Waals surface area contributed by atoms with Crippen LogP contribution in [-0.4, -0.2) is 53.8 Å². The summed E-state index contributed by atoms with van der Waals surface area (Å²) in [5.74, 6) is 1.92. The molecule has 0 radical (unpaired) electrons. The lowest BCUT2D eigenvalue weighted by Crippen LogP contribution is -2.32. The molecule has 2 aliphatic heterocycles. The maximum atomic E-state index is 5.83. The highest BCUT2D eigenvalue weighted by Gasteiger charge is 2.26. The van der Waals surface area contributed by atoms with Crippen molar-refractivity contribution in [3.8, 4) is 5.75 Å². The fraction of sp³-hybridized carbons (Fsp3) is 0.474. The van der Waals surface area contributed by atoms with E-state index in [2.05, 4.69) is 31.5 Å². The van der Waals surface area contributed by atoms with Crippen LogP contribution in [0.25, 0.3) is 10.9 Å². The molecule has 1 aromatic carbocycles. The van der Waals surface area contributed by atoms with Crippen LogP contribution in [0.2, 0.25) is 0 Å². The molecule has 1 unspecified atom stereocenters. The first-order valence-corrected chi connectivity index (χ1v) is 9.06. The number of benzene rings is 1. The monoisotopic (exact) mass is 355 g/mol. The van der Waals surface area contributed by atoms with Gasteiger partial charge in [0.1, 0.15) is 17.6 Å². The Morgan fingerprint density at radius 1 is 1.31 bits per heavy atom. The average Bonchev–Trinajstić information content (AvgIpc) is 3.28. The summed E-state index contributed by atoms with van der Waals surface area (Å²) in [6, 6.07) is 5.86. The maximum absolute atomic E-state index is 5.83. The second-order valence-corrected chi connectivity index (χ2v) is 6.99. The van der Waals surface area contributed by atoms with E-state index in [-0.39, 0.29) is 12.1 Å². The number of ether oxygens (including phenoxy) is 2. The number of rotatable bonds is 5. The molecule has 2 aromatic rings. The van der Waals surface area contributed by atoms with Crippen LogP contribution in [0.15, 0.2) is 35.1 Å². The second-order valence-electron chi connectivity index (χ2n) is 6.99. The van der Waals surface area contributed by atoms with Crippen molar-refractivity contribution < 1.29 is 9.47 Å². The zero-order chi connectivity index (χ0) is 18.1. The molecule has 4 rings (SSSR count). The Morgan fingerprint density at radius 3 is 2.96 bits per heavy atom. The zero-order valence-corrected chi connectivity index (χ0v) is 15.4. The minimum absolute atomic E-state index is 0.104. The van der Waals surface area contributed by atoms with Gasteiger partial charge in [-0.25, -0.2) is 0 Å². The molecule has 26 heavy (non-hydrogen) atoms. The molecule has 1 saturated heterocycles. The van der Waals surface area contributed by atoms with E-state index in [9.17, 15) is 0 Å². The van der Waals surface area contributed by atoms with Gasteiger partial charge in [-0.3, -0.25) is 10.1 Å². The van der Waals surface area contributed by atoms with Crippen molar-refractivity contribution >= 4 is 17.2 Å². The Labute approximate surface area is 153 Å². The summed E-state index contributed by atoms with van der Waals surface area (Å²) in [4.78, 5) is 6.89. The third-order valence-corrected chi connectivity index (χ3v) is 4.80. The number of nitrogens with zero attached hydrogens (tertiary/aromatic N) is 3. The molecule has 0 amide bonds. The Morgan fingerprint density at radius 2 is 2.19 bits per heavy atom. The van der Waals surface area contributed by atoms with E-state index in [1.165, 1.54) is 0 Å². The molecule has 3 heterocycles. The lowest BCUT2D eigenvalue weighted by atomic mass is 10.1. The Kier molecular flexibility index (Phi) is 4.55. The van der Waals surface area contributed by atoms with Gasteiger partial charge in [-0.05, 0) is 44.5 Å². The van der Waals surface area contributed by atoms with Gasteiger partial charge in [0.25, 0.3) is 0 Å². The third kappa shape index (κ3) is 3.26. The SMILES string of the molecule is CO[C@H]1CCN(C2=CC(c3[nH]nc4ccc(OC(C)C)cc34)N=CN2)C1. The minimum atomic E-state index is -0.104. The maximum Gasteiger partial charge on any atom is 0.120 e. The Bertz CT molecular complexity index is 842. The summed E-state index contributed by atoms with van der Waals surface area (Å²) < 4.78 is 11.3. The first-order chi connectivity index (χ1) is 12.6. The largest absolute Gasteiger partial charge is 0.491 e. The highest BCUT2D eigenvalue weighted by Crippen LogP contribution is 2.31. The fourth-order valence-corrected chi connectivity index (χ4v) is 3.50. The van der Waals surface area contributed by atoms with Crippen LogP contribution in [0, 0.1) is 0 Å². The quantitative estimate of drug-likeness (QED) is 0.862. The van der Waals surface area contributed by atoms with Crippen LogP contribution in [0.3, 0.4) is 0 Å². The predicted molar refractivity (Wildman–Crippen MR) is 101 cm³/mol. The number of fused-ring (bicyclic) bond motifs is 1. The summed E-state index contributed by atoms with van der Waals surface area (Å²) in [5, 5.41) is 11.9. The van der Waals surface area contributed by atoms with Gasteiger partial charge in [0, 0.05) is 25.6 Å². The van der Waals surface area contributed by atoms with Crippen molar-refractivity contribution in [2.45, 2.75) is 38.5 Å². The molecule has 2 N–H and O–H groups in total. The first-order valence-electron chi connectivity index (χ1n) is 9.06. The molecule has 138 valence electrons. The van der Waals surface area contributed by atoms with E-state index in [1.807, 2.05) is 32.0 Å². The summed E-state index contributed by atoms with van der Waals surface area (Å²) in [6.45, 7) is 5.92. The lowest BCUT2D eigenvalue weighted by Gasteiger charge is -2.25. The van der Waals surface area contributed by atoms with Crippen molar-refractivity contribution in [2.75, 3.05) is 20.2 Å². The number of aliphatic imine (C=N–C) groups is 1. The molecule has 0 bridgehead atoms. The van der Waals surface area contributed by atoms with Gasteiger partial charge < -0.3 is 19.7 Å². The van der Waals surface area contributed by atoms with Gasteiger partial charge in [-0.2, -0.15) is 5.10 Å². The molecule has 2 atom stereocenters. The molecular weight excluding hydrogens is 330 g/mol. The lowest BCUT2D eigenvalue weighted by molar-refractivity contribution is 0.111. The van der Waals surface area contributed by atoms with Crippen molar-refractivity contribution in [2.24, 2.45) is 4.99 Å². The van der Waals surface area contributed by atoms with Crippen LogP contribution < -0.4 is 10.1 Å². The van der Waals surface area contributed by atoms with Crippen molar-refractivity contribution in [1.29, 1.82) is 0 Å². The number of aromatic amines is 1. The van der Waals surface area contributed by atoms with E-state index in [0.29, 0.717) is 6.10 Å². The number of H-pyrrole nitrogens is 1. The van der Waals surface area contributed by atoms with E-state index in [0.717, 1.165) is 47.7 Å². The van der Waals surface area contributed by atoms with Crippen LogP contribution >= 0.6 is 0 Å². The molecule has 1 fully saturated rings. The van der Waals surface area contributed by atoms with Crippen LogP contribution in [-0.2, 0) is 4.74 Å². The Hall–Kier alpha value is -2.54. The van der Waals surface area contributed by atoms with Gasteiger partial charge in [-0.1, -0.05) is 0 Å². The summed E-state index contributed by atoms with van der Waals surface area (Å²) >= 11 is 0. The molecule has 0 saturated carbocycles. The molecule has 0 spiro atoms. The van der Waals surface area contributed by atoms with Gasteiger partial charge in [0.2, 0.25) is 0 Å². The minimum Gasteiger partial charge on any atom is -0.491 e. The Balaban J connectivity index is 1.62. The number of methoxy groups -OCH3 is 1. The highest BCUT2D eigenvalue weighted by molar-refractivity contribution is 5.84. The van der Waals surface area contributed by atoms with Gasteiger partial charge in [0.05, 0.1) is 29.8 Å². The number of hydrogen-bond donors (Lipinski definition) is 2. The van der Waals surface area contributed by atoms with Gasteiger partial charge in [0.15, 0.2) is 0 Å². The smallest absolute Gasteiger partial charge is 0.120 e. The number of aromatic nitrogens is 2. The second kappa shape index (κ2) is 6.99. The zero-order valence-electron chi connectivity index (χ0n) is 15.4. The van der Waals surface area contributed by atoms with Crippen LogP contribution in [0.4, 0.5) is 0 Å². The van der Waals surface area contributed by atoms with Crippen LogP contribution in [0.5, 0.6) is 5.75 Å². The van der Waals surface area contributed by atoms with Crippen LogP contribution in [0.1, 0.15) is 32.0 Å². The van der Waals surface area contributed by atoms with Gasteiger partial charge >= 0.3 is 0 Å². The van der Waals surface area contributed by atoms with E-state index in [4.69, 9.17) is 9.47 Å². The topological polar surface area (TPSA) is 74.8 Å². The van der Waals surface area contributed by atoms with Crippen molar-refractivity contribution in [3.05, 3.63) is 35.8 Å². The summed E-state index contributed by atoms with van der Waals surface area (Å²) in [6.07, 6.45) is 5.37. The molecule has 0 aliphatic carbocycles. The number of hydrogen-bond acceptors (Lipinski definition) is 6. The normalized spacial score (nSPS) is 22.8. The number of nitrogens with one attached hydrogen (secondary N) is 2. The van der Waals surface area contributed by atoms with E-state index < -0.39 is 0 Å². The van der Waals surface area contributed by atoms with Crippen molar-refractivity contribution in [1.82, 2.24) is 20.4 Å². The molecule has 7 nitrogen and oxygen atoms in total. The first kappa shape index (κ1) is 16.9. The number of likely N-dealkylation sites (tertiary alicyclic amines) is 1. The molecule has 1 aromatic heterocycles. The average molecular weight is 355 g/mol. The molecule has 2 aliphatic rings. The standard InChI is InChI=1S/C19H25N5O2/c1-12(2)26-13-4-5-16-15(8-13)19(23-22-16)17-9-18(21-11-20-17)24-7-6-14(10-24)25-3/h4-5,8-9,11-12,14,17H,6-7,10H2,1-3H3,(H,20,21)(H,22,23)/t14-,17?/m0/s1. The van der Waals surface area contributed by atoms with E-state index >= 15 is 0 Å². The fourth-order valence-electron chi connectivity index (χ4n) is 3.50. The highest BCUT2D eigenvalue weighted by atomic mass is 16.5. The molecular formula is C19H25N5O2.